The van der Waals surface area contributed by atoms with Gasteiger partial charge >= 0.3 is 744 Å². The van der Waals surface area contributed by atoms with Gasteiger partial charge in [0.1, 0.15) is 0 Å². The summed E-state index contributed by atoms with van der Waals surface area (Å²) in [6.07, 6.45) is 4.93. The van der Waals surface area contributed by atoms with Crippen LogP contribution >= 0.6 is 0 Å². The van der Waals surface area contributed by atoms with Crippen molar-refractivity contribution < 1.29 is 55.6 Å². The zero-order chi connectivity index (χ0) is 89.0. The van der Waals surface area contributed by atoms with Crippen LogP contribution in [0.1, 0.15) is 410 Å². The molecule has 9 aromatic rings. The Kier molecular flexibility index (Phi) is 31.2. The Balaban J connectivity index is 0.00000683. The Morgan fingerprint density at radius 2 is 0.328 bits per heavy atom. The smallest absolute Gasteiger partial charge is 1.00 e. The van der Waals surface area contributed by atoms with Crippen LogP contribution in [-0.2, 0) is 122 Å². The van der Waals surface area contributed by atoms with E-state index in [4.69, 9.17) is 0 Å². The first kappa shape index (κ1) is 103. The molecule has 1 aliphatic rings. The van der Waals surface area contributed by atoms with E-state index in [1.165, 1.54) is 150 Å². The Labute approximate surface area is 775 Å². The van der Waals surface area contributed by atoms with Gasteiger partial charge in [-0.25, -0.2) is 0 Å². The molecule has 0 heterocycles. The molecule has 0 aromatic heterocycles. The van der Waals surface area contributed by atoms with Gasteiger partial charge in [-0.15, -0.1) is 0 Å². The molecule has 1 unspecified atom stereocenters. The van der Waals surface area contributed by atoms with Gasteiger partial charge in [-0.1, -0.05) is 0 Å². The number of halogens is 3. The molecular formula is C117H160Cl3SiTi. The molecular weight excluding hydrogens is 1590 g/mol. The number of rotatable bonds is 17. The molecule has 9 aromatic carbocycles. The summed E-state index contributed by atoms with van der Waals surface area (Å²) in [7, 11) is 0. The molecule has 1 atom stereocenters. The van der Waals surface area contributed by atoms with Gasteiger partial charge in [0.25, 0.3) is 0 Å². The molecule has 0 fully saturated rings. The zero-order valence-corrected chi connectivity index (χ0v) is 88.9. The van der Waals surface area contributed by atoms with Crippen molar-refractivity contribution in [3.8, 4) is 0 Å². The minimum absolute atomic E-state index is 0. The monoisotopic (exact) mass is 1750 g/mol. The van der Waals surface area contributed by atoms with Crippen molar-refractivity contribution in [3.05, 3.63) is 318 Å². The summed E-state index contributed by atoms with van der Waals surface area (Å²) in [5.74, 6) is -3.17. The Bertz CT molecular complexity index is 4350. The second-order valence-corrected chi connectivity index (χ2v) is 58.6. The van der Waals surface area contributed by atoms with E-state index in [0.717, 1.165) is 38.5 Å². The normalized spacial score (nSPS) is 14.5. The predicted molar refractivity (Wildman–Crippen MR) is 524 cm³/mol. The van der Waals surface area contributed by atoms with E-state index in [0.29, 0.717) is 5.92 Å². The van der Waals surface area contributed by atoms with E-state index in [1.54, 1.807) is 19.4 Å². The zero-order valence-electron chi connectivity index (χ0n) is 84.0. The summed E-state index contributed by atoms with van der Waals surface area (Å²) in [6, 6.07) is 71.3. The molecule has 657 valence electrons. The predicted octanol–water partition coefficient (Wildman–Crippen LogP) is 21.1. The topological polar surface area (TPSA) is 0 Å². The maximum absolute atomic E-state index is 3.47. The molecule has 0 aliphatic heterocycles. The minimum atomic E-state index is -3.47. The van der Waals surface area contributed by atoms with Crippen molar-refractivity contribution in [3.63, 3.8) is 0 Å². The molecule has 0 amide bonds. The van der Waals surface area contributed by atoms with E-state index in [-0.39, 0.29) is 102 Å². The van der Waals surface area contributed by atoms with Crippen molar-refractivity contribution >= 4 is 21.5 Å². The van der Waals surface area contributed by atoms with Crippen LogP contribution in [0, 0.1) is 5.92 Å². The van der Waals surface area contributed by atoms with Gasteiger partial charge in [0.2, 0.25) is 0 Å². The van der Waals surface area contributed by atoms with Crippen LogP contribution in [0.3, 0.4) is 0 Å². The maximum Gasteiger partial charge on any atom is -1.00 e. The molecule has 0 bridgehead atoms. The van der Waals surface area contributed by atoms with Crippen molar-refractivity contribution in [1.82, 2.24) is 0 Å². The summed E-state index contributed by atoms with van der Waals surface area (Å²) in [4.78, 5) is 0. The van der Waals surface area contributed by atoms with Crippen LogP contribution < -0.4 is 52.8 Å². The second-order valence-electron chi connectivity index (χ2n) is 49.6. The molecule has 10 rings (SSSR count). The van der Waals surface area contributed by atoms with Crippen LogP contribution in [0.4, 0.5) is 0 Å². The molecule has 1 aliphatic carbocycles. The number of hydrogen-bond acceptors (Lipinski definition) is 0. The van der Waals surface area contributed by atoms with Gasteiger partial charge in [-0.05, 0) is 0 Å². The quantitative estimate of drug-likeness (QED) is 0.0630. The Morgan fingerprint density at radius 3 is 0.443 bits per heavy atom. The largest absolute Gasteiger partial charge is 1.00 e. The maximum atomic E-state index is 2.85. The third-order valence-electron chi connectivity index (χ3n) is 26.2. The van der Waals surface area contributed by atoms with Crippen molar-refractivity contribution in [1.29, 1.82) is 0 Å². The minimum Gasteiger partial charge on any atom is -1.00 e. The number of hydrogen-bond donors (Lipinski definition) is 0. The van der Waals surface area contributed by atoms with Crippen LogP contribution in [0.5, 0.6) is 0 Å². The SMILES string of the molecule is CC1=C(C)C(C)[C]([Ti+3][Si](c2cc(Cc3cc(C(C)(C)C)cc(C(C)(C)C)c3)cc(Cc3cc(C(C)(C)C)cc(C(C)(C)C)c3)c2)(c2cc(Cc3cc(C(C)(C)C)cc(C(C)(C)C)c3)cc(Cc3cc(C(C)(C)C)cc(C(C)(C)C)c3)c2)c2cc(Cc3cc(C(C)(C)C)cc(C(C)(C)C)c3)cc(Cc3cc(C(C)(C)C)cc(C(C)(C)C)c3)c2)=C1C.[Cl-].[Cl-].[Cl-]. The van der Waals surface area contributed by atoms with E-state index < -0.39 is 24.3 Å². The molecule has 5 heteroatoms. The van der Waals surface area contributed by atoms with Crippen molar-refractivity contribution in [2.24, 2.45) is 5.92 Å². The van der Waals surface area contributed by atoms with Crippen LogP contribution in [0.25, 0.3) is 0 Å². The van der Waals surface area contributed by atoms with E-state index in [2.05, 4.69) is 441 Å². The third-order valence-corrected chi connectivity index (χ3v) is 38.7. The van der Waals surface area contributed by atoms with E-state index >= 15 is 0 Å². The summed E-state index contributed by atoms with van der Waals surface area (Å²) in [6.45, 7) is 96.8. The fraction of sp³-hybridized carbons (Fsp3) is 0.504. The number of allylic oxidation sites excluding steroid dienone is 4. The Hall–Kier alpha value is -5.74. The van der Waals surface area contributed by atoms with Crippen molar-refractivity contribution in [2.45, 2.75) is 380 Å². The van der Waals surface area contributed by atoms with Gasteiger partial charge in [-0.2, -0.15) is 0 Å². The average Bonchev–Trinajstić information content (AvgIpc) is 0.998. The molecule has 0 saturated heterocycles. The first-order valence-corrected chi connectivity index (χ1v) is 50.6. The summed E-state index contributed by atoms with van der Waals surface area (Å²) < 4.78 is 1.72. The first-order chi connectivity index (χ1) is 54.0. The third kappa shape index (κ3) is 25.2. The van der Waals surface area contributed by atoms with E-state index in [9.17, 15) is 0 Å². The molecule has 122 heavy (non-hydrogen) atoms. The van der Waals surface area contributed by atoms with Gasteiger partial charge in [-0.3, -0.25) is 0 Å². The van der Waals surface area contributed by atoms with Crippen LogP contribution in [0.15, 0.2) is 184 Å². The number of benzene rings is 9. The van der Waals surface area contributed by atoms with Gasteiger partial charge in [0.05, 0.1) is 0 Å². The molecule has 0 saturated carbocycles. The van der Waals surface area contributed by atoms with Crippen LogP contribution in [0.2, 0.25) is 0 Å². The molecule has 0 N–H and O–H groups in total. The summed E-state index contributed by atoms with van der Waals surface area (Å²) in [5, 5.41) is 4.67. The summed E-state index contributed by atoms with van der Waals surface area (Å²) >= 11 is -1.17. The fourth-order valence-corrected chi connectivity index (χ4v) is 30.5. The van der Waals surface area contributed by atoms with Gasteiger partial charge in [0.15, 0.2) is 0 Å². The first-order valence-electron chi connectivity index (χ1n) is 45.5. The van der Waals surface area contributed by atoms with E-state index in [1.807, 2.05) is 0 Å². The van der Waals surface area contributed by atoms with Gasteiger partial charge < -0.3 is 37.2 Å². The fourth-order valence-electron chi connectivity index (χ4n) is 17.4. The van der Waals surface area contributed by atoms with Crippen molar-refractivity contribution in [2.75, 3.05) is 0 Å². The Morgan fingerprint density at radius 1 is 0.197 bits per heavy atom. The second kappa shape index (κ2) is 36.8. The molecule has 0 radical (unpaired) electrons. The summed E-state index contributed by atoms with van der Waals surface area (Å²) in [5.41, 5.74) is 37.6. The standard InChI is InChI=1S/C108H147Si.C9H13.3ClH.Ti/c1-97(2,3)82-46-76(47-83(64-82)98(4,5)6)40-70-37-71(41-77-48-84(99(7,8)9)65-85(49-77)100(10,11)12)59-94(58-70)109(95-60-72(42-78-50-86(101(13,14)15)66-87(51-78)102(16,17)18)38-73(61-95)43-79-52-88(103(19,20)21)67-89(53-79)104(22,23)24)96-62-74(44-80-54-90(105(25,26)27)68-91(55-80)106(28,29)30)39-75(63-96)45-81-56-92(107(31,32)33)69-93(57-81)108(34,35)36;1-6-5-7(2)9(4)8(6)3;;;;/h37-39,46-69H,40-45H2,1-36H3;6H,1-4H3;3*1H;/q;;;;;+3/p-3. The molecule has 0 nitrogen and oxygen atoms in total. The average molecular weight is 1750 g/mol. The van der Waals surface area contributed by atoms with Crippen LogP contribution in [-0.4, -0.2) is 5.94 Å². The van der Waals surface area contributed by atoms with Gasteiger partial charge in [0, 0.05) is 0 Å². The molecule has 0 spiro atoms.